The number of fused-ring (bicyclic) bond motifs is 10. The van der Waals surface area contributed by atoms with Crippen molar-refractivity contribution in [1.82, 2.24) is 0 Å². The van der Waals surface area contributed by atoms with Crippen LogP contribution in [0.1, 0.15) is 0 Å². The second kappa shape index (κ2) is 12.2. The molecule has 11 rings (SSSR count). The Balaban J connectivity index is 1.07. The highest BCUT2D eigenvalue weighted by Gasteiger charge is 2.20. The molecule has 0 amide bonds. The SMILES string of the molecule is c1ccc(-c2ccc(N(c3ccc(-c4ccc5c(ccc6ccccc65)c4)cc3)c3cccc4c3sc3c4ccc4sc5ccccc5c43)cc2)cc1. The fourth-order valence-corrected chi connectivity index (χ4v) is 10.6. The lowest BCUT2D eigenvalue weighted by atomic mass is 9.97. The molecule has 0 N–H and O–H groups in total. The van der Waals surface area contributed by atoms with Gasteiger partial charge in [-0.25, -0.2) is 0 Å². The van der Waals surface area contributed by atoms with Gasteiger partial charge in [-0.1, -0.05) is 140 Å². The van der Waals surface area contributed by atoms with Gasteiger partial charge in [-0.05, 0) is 92.3 Å². The molecule has 0 atom stereocenters. The first-order valence-electron chi connectivity index (χ1n) is 18.0. The molecule has 9 aromatic carbocycles. The molecular formula is C50H31NS2. The molecule has 248 valence electrons. The maximum Gasteiger partial charge on any atom is 0.0640 e. The highest BCUT2D eigenvalue weighted by atomic mass is 32.1. The first-order chi connectivity index (χ1) is 26.3. The predicted octanol–water partition coefficient (Wildman–Crippen LogP) is 15.5. The summed E-state index contributed by atoms with van der Waals surface area (Å²) in [5.74, 6) is 0. The Kier molecular flexibility index (Phi) is 6.97. The van der Waals surface area contributed by atoms with Gasteiger partial charge in [0, 0.05) is 47.0 Å². The van der Waals surface area contributed by atoms with Gasteiger partial charge in [0.05, 0.1) is 10.4 Å². The quantitative estimate of drug-likeness (QED) is 0.161. The molecule has 2 heterocycles. The molecule has 2 aromatic heterocycles. The van der Waals surface area contributed by atoms with Gasteiger partial charge in [0.25, 0.3) is 0 Å². The lowest BCUT2D eigenvalue weighted by Crippen LogP contribution is -2.10. The zero-order valence-corrected chi connectivity index (χ0v) is 30.3. The van der Waals surface area contributed by atoms with Crippen LogP contribution in [0.25, 0.3) is 84.1 Å². The molecule has 0 fully saturated rings. The van der Waals surface area contributed by atoms with Crippen molar-refractivity contribution in [3.05, 3.63) is 188 Å². The van der Waals surface area contributed by atoms with E-state index in [-0.39, 0.29) is 0 Å². The molecule has 0 aliphatic rings. The van der Waals surface area contributed by atoms with Crippen LogP contribution in [0.5, 0.6) is 0 Å². The van der Waals surface area contributed by atoms with Gasteiger partial charge in [0.2, 0.25) is 0 Å². The molecule has 0 spiro atoms. The molecule has 0 aliphatic heterocycles. The molecule has 0 bridgehead atoms. The molecule has 0 saturated heterocycles. The third-order valence-corrected chi connectivity index (χ3v) is 13.1. The number of hydrogen-bond acceptors (Lipinski definition) is 3. The first-order valence-corrected chi connectivity index (χ1v) is 19.6. The maximum absolute atomic E-state index is 2.44. The van der Waals surface area contributed by atoms with E-state index in [9.17, 15) is 0 Å². The Morgan fingerprint density at radius 1 is 0.321 bits per heavy atom. The highest BCUT2D eigenvalue weighted by Crippen LogP contribution is 2.49. The van der Waals surface area contributed by atoms with E-state index >= 15 is 0 Å². The Morgan fingerprint density at radius 3 is 1.72 bits per heavy atom. The summed E-state index contributed by atoms with van der Waals surface area (Å²) in [5, 5.41) is 10.5. The van der Waals surface area contributed by atoms with E-state index in [0.29, 0.717) is 0 Å². The summed E-state index contributed by atoms with van der Waals surface area (Å²) in [4.78, 5) is 2.44. The van der Waals surface area contributed by atoms with E-state index in [4.69, 9.17) is 0 Å². The van der Waals surface area contributed by atoms with Gasteiger partial charge in [0.15, 0.2) is 0 Å². The molecule has 0 radical (unpaired) electrons. The van der Waals surface area contributed by atoms with E-state index in [2.05, 4.69) is 193 Å². The third kappa shape index (κ3) is 4.97. The minimum absolute atomic E-state index is 1.13. The number of hydrogen-bond donors (Lipinski definition) is 0. The zero-order valence-electron chi connectivity index (χ0n) is 28.7. The van der Waals surface area contributed by atoms with Gasteiger partial charge >= 0.3 is 0 Å². The van der Waals surface area contributed by atoms with Crippen LogP contribution in [0.2, 0.25) is 0 Å². The van der Waals surface area contributed by atoms with E-state index in [0.717, 1.165) is 11.4 Å². The Hall–Kier alpha value is -6.26. The lowest BCUT2D eigenvalue weighted by Gasteiger charge is -2.26. The molecule has 0 aliphatic carbocycles. The standard InChI is InChI=1S/C50H31NS2/c1-2-9-32(10-3-1)33-19-24-38(25-20-33)51(39-26-21-34(22-27-39)36-23-28-41-37(31-36)18-17-35-11-4-5-12-40(35)41)45-15-8-14-42-43-29-30-47-48(50(43)53-49(42)45)44-13-6-7-16-46(44)52-47/h1-31H. The maximum atomic E-state index is 2.44. The van der Waals surface area contributed by atoms with Crippen LogP contribution in [0.15, 0.2) is 188 Å². The minimum Gasteiger partial charge on any atom is -0.309 e. The predicted molar refractivity (Wildman–Crippen MR) is 233 cm³/mol. The molecule has 0 unspecified atom stereocenters. The second-order valence-electron chi connectivity index (χ2n) is 13.7. The molecule has 11 aromatic rings. The Labute approximate surface area is 315 Å². The van der Waals surface area contributed by atoms with Crippen molar-refractivity contribution >= 4 is 102 Å². The van der Waals surface area contributed by atoms with Crippen LogP contribution in [-0.2, 0) is 0 Å². The average molecular weight is 710 g/mol. The highest BCUT2D eigenvalue weighted by molar-refractivity contribution is 7.30. The van der Waals surface area contributed by atoms with Crippen molar-refractivity contribution in [2.75, 3.05) is 4.90 Å². The minimum atomic E-state index is 1.13. The smallest absolute Gasteiger partial charge is 0.0640 e. The summed E-state index contributed by atoms with van der Waals surface area (Å²) >= 11 is 3.81. The number of anilines is 3. The van der Waals surface area contributed by atoms with Crippen LogP contribution in [0.4, 0.5) is 17.1 Å². The van der Waals surface area contributed by atoms with Crippen LogP contribution in [0, 0.1) is 0 Å². The van der Waals surface area contributed by atoms with Crippen molar-refractivity contribution in [1.29, 1.82) is 0 Å². The molecule has 1 nitrogen and oxygen atoms in total. The lowest BCUT2D eigenvalue weighted by molar-refractivity contribution is 1.30. The summed E-state index contributed by atoms with van der Waals surface area (Å²) in [6, 6.07) is 69.0. The van der Waals surface area contributed by atoms with Crippen molar-refractivity contribution in [2.24, 2.45) is 0 Å². The average Bonchev–Trinajstić information content (AvgIpc) is 3.81. The molecule has 53 heavy (non-hydrogen) atoms. The fourth-order valence-electron chi connectivity index (χ4n) is 8.08. The van der Waals surface area contributed by atoms with Crippen LogP contribution in [0.3, 0.4) is 0 Å². The van der Waals surface area contributed by atoms with E-state index in [1.165, 1.54) is 89.8 Å². The van der Waals surface area contributed by atoms with Gasteiger partial charge in [-0.2, -0.15) is 0 Å². The summed E-state index contributed by atoms with van der Waals surface area (Å²) in [6.45, 7) is 0. The van der Waals surface area contributed by atoms with Crippen LogP contribution < -0.4 is 4.90 Å². The number of thiophene rings is 2. The van der Waals surface area contributed by atoms with Crippen LogP contribution >= 0.6 is 22.7 Å². The third-order valence-electron chi connectivity index (χ3n) is 10.7. The fraction of sp³-hybridized carbons (Fsp3) is 0. The van der Waals surface area contributed by atoms with Gasteiger partial charge in [0.1, 0.15) is 0 Å². The van der Waals surface area contributed by atoms with E-state index in [1.807, 2.05) is 22.7 Å². The number of nitrogens with zero attached hydrogens (tertiary/aromatic N) is 1. The summed E-state index contributed by atoms with van der Waals surface area (Å²) in [6.07, 6.45) is 0. The first kappa shape index (κ1) is 30.4. The van der Waals surface area contributed by atoms with E-state index < -0.39 is 0 Å². The summed E-state index contributed by atoms with van der Waals surface area (Å²) < 4.78 is 5.34. The van der Waals surface area contributed by atoms with Gasteiger partial charge in [-0.3, -0.25) is 0 Å². The largest absolute Gasteiger partial charge is 0.309 e. The van der Waals surface area contributed by atoms with E-state index in [1.54, 1.807) is 0 Å². The topological polar surface area (TPSA) is 3.24 Å². The molecule has 0 saturated carbocycles. The van der Waals surface area contributed by atoms with Crippen molar-refractivity contribution < 1.29 is 0 Å². The zero-order chi connectivity index (χ0) is 34.9. The number of benzene rings is 9. The van der Waals surface area contributed by atoms with Crippen molar-refractivity contribution in [3.8, 4) is 22.3 Å². The normalized spacial score (nSPS) is 11.8. The summed E-state index contributed by atoms with van der Waals surface area (Å²) in [5.41, 5.74) is 8.30. The van der Waals surface area contributed by atoms with Gasteiger partial charge < -0.3 is 4.90 Å². The molecule has 3 heteroatoms. The molecular weight excluding hydrogens is 679 g/mol. The monoisotopic (exact) mass is 709 g/mol. The summed E-state index contributed by atoms with van der Waals surface area (Å²) in [7, 11) is 0. The van der Waals surface area contributed by atoms with Crippen molar-refractivity contribution in [3.63, 3.8) is 0 Å². The Morgan fingerprint density at radius 2 is 0.906 bits per heavy atom. The number of rotatable bonds is 5. The van der Waals surface area contributed by atoms with Gasteiger partial charge in [-0.15, -0.1) is 22.7 Å². The Bertz CT molecular complexity index is 3150. The van der Waals surface area contributed by atoms with Crippen LogP contribution in [-0.4, -0.2) is 0 Å². The second-order valence-corrected chi connectivity index (χ2v) is 15.8. The van der Waals surface area contributed by atoms with Crippen molar-refractivity contribution in [2.45, 2.75) is 0 Å².